The minimum Gasteiger partial charge on any atom is -0.337 e. The fourth-order valence-electron chi connectivity index (χ4n) is 2.55. The molecule has 0 bridgehead atoms. The van der Waals surface area contributed by atoms with E-state index in [4.69, 9.17) is 5.14 Å². The van der Waals surface area contributed by atoms with E-state index in [9.17, 15) is 13.2 Å². The normalized spacial score (nSPS) is 19.4. The number of pyridine rings is 1. The predicted molar refractivity (Wildman–Crippen MR) is 78.7 cm³/mol. The second kappa shape index (κ2) is 5.09. The van der Waals surface area contributed by atoms with Gasteiger partial charge in [0.05, 0.1) is 5.52 Å². The molecule has 3 rings (SSSR count). The minimum absolute atomic E-state index is 0.0338. The van der Waals surface area contributed by atoms with Crippen LogP contribution in [0.3, 0.4) is 0 Å². The first kappa shape index (κ1) is 14.0. The van der Waals surface area contributed by atoms with Crippen LogP contribution in [0.5, 0.6) is 0 Å². The molecule has 0 aliphatic carbocycles. The average molecular weight is 305 g/mol. The molecule has 2 N–H and O–H groups in total. The molecule has 1 aromatic carbocycles. The Kier molecular flexibility index (Phi) is 3.38. The monoisotopic (exact) mass is 305 g/mol. The Morgan fingerprint density at radius 3 is 2.86 bits per heavy atom. The number of primary sulfonamides is 1. The number of nitrogens with zero attached hydrogens (tertiary/aromatic N) is 2. The molecule has 1 aliphatic rings. The SMILES string of the molecule is NS(=O)(=O)C1CC(=O)N(Cc2ccc3ncccc3c2)C1. The van der Waals surface area contributed by atoms with E-state index in [0.717, 1.165) is 16.5 Å². The van der Waals surface area contributed by atoms with E-state index < -0.39 is 15.3 Å². The van der Waals surface area contributed by atoms with Crippen molar-refractivity contribution in [2.24, 2.45) is 5.14 Å². The number of aromatic nitrogens is 1. The van der Waals surface area contributed by atoms with Crippen LogP contribution in [-0.2, 0) is 21.4 Å². The van der Waals surface area contributed by atoms with Gasteiger partial charge in [-0.15, -0.1) is 0 Å². The van der Waals surface area contributed by atoms with Gasteiger partial charge in [0.1, 0.15) is 5.25 Å². The molecule has 7 heteroatoms. The van der Waals surface area contributed by atoms with Gasteiger partial charge in [-0.1, -0.05) is 12.1 Å². The molecule has 1 atom stereocenters. The molecule has 0 spiro atoms. The van der Waals surface area contributed by atoms with Crippen molar-refractivity contribution in [2.75, 3.05) is 6.54 Å². The van der Waals surface area contributed by atoms with E-state index in [2.05, 4.69) is 4.98 Å². The summed E-state index contributed by atoms with van der Waals surface area (Å²) in [5.41, 5.74) is 1.83. The highest BCUT2D eigenvalue weighted by atomic mass is 32.2. The maximum absolute atomic E-state index is 11.9. The van der Waals surface area contributed by atoms with Crippen molar-refractivity contribution < 1.29 is 13.2 Å². The van der Waals surface area contributed by atoms with Crippen LogP contribution in [0, 0.1) is 0 Å². The van der Waals surface area contributed by atoms with E-state index >= 15 is 0 Å². The molecule has 1 saturated heterocycles. The fraction of sp³-hybridized carbons (Fsp3) is 0.286. The molecule has 2 heterocycles. The summed E-state index contributed by atoms with van der Waals surface area (Å²) in [4.78, 5) is 17.7. The summed E-state index contributed by atoms with van der Waals surface area (Å²) < 4.78 is 22.7. The van der Waals surface area contributed by atoms with Gasteiger partial charge in [0, 0.05) is 31.1 Å². The summed E-state index contributed by atoms with van der Waals surface area (Å²) in [6.07, 6.45) is 1.69. The van der Waals surface area contributed by atoms with Crippen LogP contribution in [0.25, 0.3) is 10.9 Å². The van der Waals surface area contributed by atoms with Crippen LogP contribution in [0.4, 0.5) is 0 Å². The minimum atomic E-state index is -3.67. The number of sulfonamides is 1. The van der Waals surface area contributed by atoms with Crippen molar-refractivity contribution >= 4 is 26.8 Å². The van der Waals surface area contributed by atoms with Crippen molar-refractivity contribution in [1.82, 2.24) is 9.88 Å². The van der Waals surface area contributed by atoms with Crippen LogP contribution in [0.1, 0.15) is 12.0 Å². The zero-order valence-electron chi connectivity index (χ0n) is 11.3. The van der Waals surface area contributed by atoms with Crippen LogP contribution in [-0.4, -0.2) is 36.0 Å². The van der Waals surface area contributed by atoms with Gasteiger partial charge >= 0.3 is 0 Å². The molecular weight excluding hydrogens is 290 g/mol. The highest BCUT2D eigenvalue weighted by Gasteiger charge is 2.36. The molecule has 0 radical (unpaired) electrons. The topological polar surface area (TPSA) is 93.4 Å². The summed E-state index contributed by atoms with van der Waals surface area (Å²) in [7, 11) is -3.67. The smallest absolute Gasteiger partial charge is 0.224 e. The second-order valence-corrected chi connectivity index (χ2v) is 7.06. The van der Waals surface area contributed by atoms with Gasteiger partial charge in [0.25, 0.3) is 0 Å². The van der Waals surface area contributed by atoms with Crippen LogP contribution >= 0.6 is 0 Å². The van der Waals surface area contributed by atoms with Crippen LogP contribution < -0.4 is 5.14 Å². The zero-order chi connectivity index (χ0) is 15.0. The van der Waals surface area contributed by atoms with Gasteiger partial charge < -0.3 is 4.90 Å². The zero-order valence-corrected chi connectivity index (χ0v) is 12.1. The Labute approximate surface area is 122 Å². The third kappa shape index (κ3) is 2.88. The fourth-order valence-corrected chi connectivity index (χ4v) is 3.32. The summed E-state index contributed by atoms with van der Waals surface area (Å²) in [5, 5.41) is 5.31. The molecule has 6 nitrogen and oxygen atoms in total. The third-order valence-corrected chi connectivity index (χ3v) is 4.93. The molecule has 2 aromatic rings. The Hall–Kier alpha value is -1.99. The average Bonchev–Trinajstić information content (AvgIpc) is 2.80. The number of carbonyl (C=O) groups excluding carboxylic acids is 1. The quantitative estimate of drug-likeness (QED) is 0.899. The third-order valence-electron chi connectivity index (χ3n) is 3.68. The van der Waals surface area contributed by atoms with Gasteiger partial charge in [-0.2, -0.15) is 0 Å². The van der Waals surface area contributed by atoms with Crippen molar-refractivity contribution in [3.63, 3.8) is 0 Å². The number of likely N-dealkylation sites (tertiary alicyclic amines) is 1. The Balaban J connectivity index is 1.81. The molecule has 0 saturated carbocycles. The van der Waals surface area contributed by atoms with E-state index in [0.29, 0.717) is 6.54 Å². The summed E-state index contributed by atoms with van der Waals surface area (Å²) in [5.74, 6) is -0.180. The number of fused-ring (bicyclic) bond motifs is 1. The van der Waals surface area contributed by atoms with Crippen molar-refractivity contribution in [3.8, 4) is 0 Å². The van der Waals surface area contributed by atoms with E-state index in [1.165, 1.54) is 4.90 Å². The Bertz CT molecular complexity index is 804. The summed E-state index contributed by atoms with van der Waals surface area (Å²) in [6.45, 7) is 0.540. The van der Waals surface area contributed by atoms with E-state index in [1.54, 1.807) is 6.20 Å². The lowest BCUT2D eigenvalue weighted by molar-refractivity contribution is -0.128. The first-order valence-electron chi connectivity index (χ1n) is 6.56. The molecule has 1 fully saturated rings. The molecule has 1 unspecified atom stereocenters. The summed E-state index contributed by atoms with van der Waals surface area (Å²) in [6, 6.07) is 9.55. The lowest BCUT2D eigenvalue weighted by Gasteiger charge is -2.16. The number of nitrogens with two attached hydrogens (primary N) is 1. The number of hydrogen-bond acceptors (Lipinski definition) is 4. The van der Waals surface area contributed by atoms with Crippen molar-refractivity contribution in [1.29, 1.82) is 0 Å². The predicted octanol–water partition coefficient (Wildman–Crippen LogP) is 0.624. The lowest BCUT2D eigenvalue weighted by atomic mass is 10.1. The highest BCUT2D eigenvalue weighted by Crippen LogP contribution is 2.21. The van der Waals surface area contributed by atoms with E-state index in [-0.39, 0.29) is 18.9 Å². The molecule has 1 amide bonds. The Morgan fingerprint density at radius 2 is 2.14 bits per heavy atom. The highest BCUT2D eigenvalue weighted by molar-refractivity contribution is 7.89. The largest absolute Gasteiger partial charge is 0.337 e. The summed E-state index contributed by atoms with van der Waals surface area (Å²) >= 11 is 0. The van der Waals surface area contributed by atoms with Crippen molar-refractivity contribution in [2.45, 2.75) is 18.2 Å². The van der Waals surface area contributed by atoms with Gasteiger partial charge in [-0.05, 0) is 23.8 Å². The number of carbonyl (C=O) groups is 1. The van der Waals surface area contributed by atoms with Gasteiger partial charge in [-0.3, -0.25) is 9.78 Å². The molecular formula is C14H15N3O3S. The van der Waals surface area contributed by atoms with Crippen molar-refractivity contribution in [3.05, 3.63) is 42.1 Å². The van der Waals surface area contributed by atoms with Gasteiger partial charge in [0.2, 0.25) is 15.9 Å². The molecule has 1 aromatic heterocycles. The molecule has 110 valence electrons. The van der Waals surface area contributed by atoms with E-state index in [1.807, 2.05) is 30.3 Å². The second-order valence-electron chi connectivity index (χ2n) is 5.22. The number of benzene rings is 1. The molecule has 21 heavy (non-hydrogen) atoms. The maximum atomic E-state index is 11.9. The van der Waals surface area contributed by atoms with Gasteiger partial charge in [0.15, 0.2) is 0 Å². The lowest BCUT2D eigenvalue weighted by Crippen LogP contribution is -2.31. The first-order chi connectivity index (χ1) is 9.93. The number of rotatable bonds is 3. The van der Waals surface area contributed by atoms with Gasteiger partial charge in [-0.25, -0.2) is 13.6 Å². The number of amides is 1. The Morgan fingerprint density at radius 1 is 1.33 bits per heavy atom. The standard InChI is InChI=1S/C14H15N3O3S/c15-21(19,20)12-7-14(18)17(9-12)8-10-3-4-13-11(6-10)2-1-5-16-13/h1-6,12H,7-9H2,(H2,15,19,20). The maximum Gasteiger partial charge on any atom is 0.224 e. The van der Waals surface area contributed by atoms with Crippen LogP contribution in [0.15, 0.2) is 36.5 Å². The first-order valence-corrected chi connectivity index (χ1v) is 8.17. The number of hydrogen-bond donors (Lipinski definition) is 1. The van der Waals surface area contributed by atoms with Crippen LogP contribution in [0.2, 0.25) is 0 Å². The molecule has 1 aliphatic heterocycles.